The molecule has 0 saturated heterocycles. The standard InChI is InChI=1S/C11H18N2O/c1-3-6-14-8-11(12)10-5-4-9(2)13-7-10/h4-5,7,11H,3,6,8,12H2,1-2H3. The molecule has 2 N–H and O–H groups in total. The summed E-state index contributed by atoms with van der Waals surface area (Å²) in [6.07, 6.45) is 2.84. The van der Waals surface area contributed by atoms with E-state index < -0.39 is 0 Å². The van der Waals surface area contributed by atoms with E-state index in [-0.39, 0.29) is 6.04 Å². The zero-order valence-electron chi connectivity index (χ0n) is 8.86. The predicted molar refractivity (Wildman–Crippen MR) is 57.0 cm³/mol. The lowest BCUT2D eigenvalue weighted by Gasteiger charge is -2.11. The Kier molecular flexibility index (Phi) is 4.56. The highest BCUT2D eigenvalue weighted by atomic mass is 16.5. The average molecular weight is 194 g/mol. The molecule has 3 heteroatoms. The summed E-state index contributed by atoms with van der Waals surface area (Å²) >= 11 is 0. The molecule has 0 saturated carbocycles. The van der Waals surface area contributed by atoms with Crippen molar-refractivity contribution in [3.63, 3.8) is 0 Å². The molecule has 1 rings (SSSR count). The Balaban J connectivity index is 2.43. The molecule has 14 heavy (non-hydrogen) atoms. The van der Waals surface area contributed by atoms with Gasteiger partial charge < -0.3 is 10.5 Å². The Morgan fingerprint density at radius 2 is 2.29 bits per heavy atom. The normalized spacial score (nSPS) is 12.8. The average Bonchev–Trinajstić information content (AvgIpc) is 2.19. The molecule has 3 nitrogen and oxygen atoms in total. The molecule has 0 aromatic carbocycles. The highest BCUT2D eigenvalue weighted by molar-refractivity contribution is 5.16. The molecule has 1 atom stereocenters. The topological polar surface area (TPSA) is 48.1 Å². The molecule has 0 aliphatic heterocycles. The third-order valence-electron chi connectivity index (χ3n) is 2.01. The van der Waals surface area contributed by atoms with Gasteiger partial charge in [-0.2, -0.15) is 0 Å². The summed E-state index contributed by atoms with van der Waals surface area (Å²) in [7, 11) is 0. The van der Waals surface area contributed by atoms with E-state index >= 15 is 0 Å². The molecular formula is C11H18N2O. The van der Waals surface area contributed by atoms with E-state index in [4.69, 9.17) is 10.5 Å². The second-order valence-electron chi connectivity index (χ2n) is 3.41. The van der Waals surface area contributed by atoms with Crippen LogP contribution in [0.25, 0.3) is 0 Å². The Labute approximate surface area is 85.3 Å². The summed E-state index contributed by atoms with van der Waals surface area (Å²) in [5.74, 6) is 0. The van der Waals surface area contributed by atoms with Gasteiger partial charge in [0.2, 0.25) is 0 Å². The van der Waals surface area contributed by atoms with Crippen LogP contribution in [-0.2, 0) is 4.74 Å². The van der Waals surface area contributed by atoms with Crippen LogP contribution in [0, 0.1) is 6.92 Å². The van der Waals surface area contributed by atoms with Crippen LogP contribution in [0.15, 0.2) is 18.3 Å². The number of rotatable bonds is 5. The molecule has 1 aromatic rings. The van der Waals surface area contributed by atoms with Crippen molar-refractivity contribution in [2.24, 2.45) is 5.73 Å². The molecule has 78 valence electrons. The second kappa shape index (κ2) is 5.73. The third kappa shape index (κ3) is 3.44. The fraction of sp³-hybridized carbons (Fsp3) is 0.545. The maximum absolute atomic E-state index is 5.92. The Morgan fingerprint density at radius 3 is 2.86 bits per heavy atom. The van der Waals surface area contributed by atoms with Crippen molar-refractivity contribution in [2.45, 2.75) is 26.3 Å². The van der Waals surface area contributed by atoms with Crippen molar-refractivity contribution in [3.8, 4) is 0 Å². The van der Waals surface area contributed by atoms with Crippen LogP contribution in [0.3, 0.4) is 0 Å². The zero-order chi connectivity index (χ0) is 10.4. The lowest BCUT2D eigenvalue weighted by molar-refractivity contribution is 0.121. The molecule has 1 heterocycles. The van der Waals surface area contributed by atoms with Gasteiger partial charge in [-0.05, 0) is 25.0 Å². The molecule has 0 aliphatic rings. The highest BCUT2D eigenvalue weighted by Crippen LogP contribution is 2.09. The number of nitrogens with zero attached hydrogens (tertiary/aromatic N) is 1. The zero-order valence-corrected chi connectivity index (χ0v) is 8.86. The van der Waals surface area contributed by atoms with E-state index in [1.165, 1.54) is 0 Å². The van der Waals surface area contributed by atoms with Crippen LogP contribution < -0.4 is 5.73 Å². The number of hydrogen-bond acceptors (Lipinski definition) is 3. The van der Waals surface area contributed by atoms with E-state index in [0.717, 1.165) is 24.3 Å². The number of hydrogen-bond donors (Lipinski definition) is 1. The van der Waals surface area contributed by atoms with Gasteiger partial charge in [-0.25, -0.2) is 0 Å². The van der Waals surface area contributed by atoms with Gasteiger partial charge in [0.15, 0.2) is 0 Å². The Hall–Kier alpha value is -0.930. The van der Waals surface area contributed by atoms with Crippen LogP contribution >= 0.6 is 0 Å². The molecule has 0 fully saturated rings. The van der Waals surface area contributed by atoms with Gasteiger partial charge in [0.25, 0.3) is 0 Å². The van der Waals surface area contributed by atoms with Gasteiger partial charge in [-0.15, -0.1) is 0 Å². The monoisotopic (exact) mass is 194 g/mol. The Morgan fingerprint density at radius 1 is 1.50 bits per heavy atom. The molecule has 0 aliphatic carbocycles. The Bertz CT molecular complexity index is 258. The molecule has 0 bridgehead atoms. The summed E-state index contributed by atoms with van der Waals surface area (Å²) in [4.78, 5) is 4.19. The lowest BCUT2D eigenvalue weighted by Crippen LogP contribution is -2.17. The third-order valence-corrected chi connectivity index (χ3v) is 2.01. The van der Waals surface area contributed by atoms with E-state index in [1.807, 2.05) is 25.3 Å². The first-order valence-electron chi connectivity index (χ1n) is 5.00. The minimum Gasteiger partial charge on any atom is -0.379 e. The maximum Gasteiger partial charge on any atom is 0.0659 e. The van der Waals surface area contributed by atoms with Crippen LogP contribution in [0.5, 0.6) is 0 Å². The van der Waals surface area contributed by atoms with Crippen LogP contribution in [-0.4, -0.2) is 18.2 Å². The maximum atomic E-state index is 5.92. The van der Waals surface area contributed by atoms with Crippen molar-refractivity contribution in [1.82, 2.24) is 4.98 Å². The quantitative estimate of drug-likeness (QED) is 0.727. The molecule has 0 spiro atoms. The first kappa shape index (κ1) is 11.1. The summed E-state index contributed by atoms with van der Waals surface area (Å²) in [6, 6.07) is 3.91. The van der Waals surface area contributed by atoms with Gasteiger partial charge in [-0.3, -0.25) is 4.98 Å². The van der Waals surface area contributed by atoms with E-state index in [9.17, 15) is 0 Å². The SMILES string of the molecule is CCCOCC(N)c1ccc(C)nc1. The van der Waals surface area contributed by atoms with Gasteiger partial charge in [0.1, 0.15) is 0 Å². The fourth-order valence-corrected chi connectivity index (χ4v) is 1.15. The molecular weight excluding hydrogens is 176 g/mol. The summed E-state index contributed by atoms with van der Waals surface area (Å²) in [5, 5.41) is 0. The van der Waals surface area contributed by atoms with Crippen molar-refractivity contribution in [2.75, 3.05) is 13.2 Å². The van der Waals surface area contributed by atoms with Gasteiger partial charge in [0, 0.05) is 18.5 Å². The van der Waals surface area contributed by atoms with Gasteiger partial charge >= 0.3 is 0 Å². The molecule has 1 unspecified atom stereocenters. The number of nitrogens with two attached hydrogens (primary N) is 1. The number of pyridine rings is 1. The minimum absolute atomic E-state index is 0.0605. The van der Waals surface area contributed by atoms with Gasteiger partial charge in [-0.1, -0.05) is 13.0 Å². The van der Waals surface area contributed by atoms with Crippen molar-refractivity contribution >= 4 is 0 Å². The van der Waals surface area contributed by atoms with Crippen LogP contribution in [0.4, 0.5) is 0 Å². The van der Waals surface area contributed by atoms with Crippen LogP contribution in [0.2, 0.25) is 0 Å². The smallest absolute Gasteiger partial charge is 0.0659 e. The first-order valence-corrected chi connectivity index (χ1v) is 5.00. The van der Waals surface area contributed by atoms with Crippen molar-refractivity contribution in [1.29, 1.82) is 0 Å². The molecule has 0 radical (unpaired) electrons. The molecule has 0 amide bonds. The lowest BCUT2D eigenvalue weighted by atomic mass is 10.1. The van der Waals surface area contributed by atoms with Gasteiger partial charge in [0.05, 0.1) is 12.6 Å². The summed E-state index contributed by atoms with van der Waals surface area (Å²) in [5.41, 5.74) is 7.96. The first-order chi connectivity index (χ1) is 6.74. The highest BCUT2D eigenvalue weighted by Gasteiger charge is 2.05. The van der Waals surface area contributed by atoms with Crippen LogP contribution in [0.1, 0.15) is 30.6 Å². The number of aromatic nitrogens is 1. The number of aryl methyl sites for hydroxylation is 1. The minimum atomic E-state index is -0.0605. The van der Waals surface area contributed by atoms with E-state index in [2.05, 4.69) is 11.9 Å². The largest absolute Gasteiger partial charge is 0.379 e. The second-order valence-corrected chi connectivity index (χ2v) is 3.41. The predicted octanol–water partition coefficient (Wildman–Crippen LogP) is 1.82. The number of ether oxygens (including phenoxy) is 1. The van der Waals surface area contributed by atoms with Crippen molar-refractivity contribution in [3.05, 3.63) is 29.6 Å². The van der Waals surface area contributed by atoms with E-state index in [1.54, 1.807) is 0 Å². The fourth-order valence-electron chi connectivity index (χ4n) is 1.15. The summed E-state index contributed by atoms with van der Waals surface area (Å²) in [6.45, 7) is 5.38. The van der Waals surface area contributed by atoms with E-state index in [0.29, 0.717) is 6.61 Å². The molecule has 1 aromatic heterocycles. The summed E-state index contributed by atoms with van der Waals surface area (Å²) < 4.78 is 5.38. The van der Waals surface area contributed by atoms with Crippen molar-refractivity contribution < 1.29 is 4.74 Å².